The Morgan fingerprint density at radius 1 is 1.17 bits per heavy atom. The Morgan fingerprint density at radius 3 is 2.70 bits per heavy atom. The van der Waals surface area contributed by atoms with E-state index in [4.69, 9.17) is 9.47 Å². The van der Waals surface area contributed by atoms with E-state index in [1.165, 1.54) is 4.88 Å². The normalized spacial score (nSPS) is 15.9. The van der Waals surface area contributed by atoms with Gasteiger partial charge in [0.15, 0.2) is 0 Å². The summed E-state index contributed by atoms with van der Waals surface area (Å²) >= 11 is 1.73. The van der Waals surface area contributed by atoms with Gasteiger partial charge in [-0.2, -0.15) is 0 Å². The molecule has 1 atom stereocenters. The Hall–Kier alpha value is -2.86. The summed E-state index contributed by atoms with van der Waals surface area (Å²) in [6, 6.07) is 17.8. The molecule has 4 rings (SSSR count). The molecule has 0 N–H and O–H groups in total. The molecule has 6 heteroatoms. The van der Waals surface area contributed by atoms with E-state index in [2.05, 4.69) is 24.0 Å². The molecule has 5 nitrogen and oxygen atoms in total. The lowest BCUT2D eigenvalue weighted by Gasteiger charge is -2.17. The Bertz CT molecular complexity index is 956. The predicted molar refractivity (Wildman–Crippen MR) is 119 cm³/mol. The van der Waals surface area contributed by atoms with Crippen LogP contribution < -0.4 is 4.74 Å². The van der Waals surface area contributed by atoms with Gasteiger partial charge >= 0.3 is 6.09 Å². The van der Waals surface area contributed by atoms with E-state index in [0.29, 0.717) is 32.2 Å². The third-order valence-electron chi connectivity index (χ3n) is 5.24. The molecule has 1 aliphatic heterocycles. The minimum atomic E-state index is -0.249. The van der Waals surface area contributed by atoms with Crippen molar-refractivity contribution in [3.63, 3.8) is 0 Å². The fourth-order valence-corrected chi connectivity index (χ4v) is 4.31. The van der Waals surface area contributed by atoms with E-state index in [0.717, 1.165) is 34.7 Å². The van der Waals surface area contributed by atoms with Gasteiger partial charge in [-0.15, -0.1) is 11.3 Å². The van der Waals surface area contributed by atoms with E-state index in [-0.39, 0.29) is 6.09 Å². The zero-order valence-electron chi connectivity index (χ0n) is 17.1. The summed E-state index contributed by atoms with van der Waals surface area (Å²) < 4.78 is 11.4. The predicted octanol–water partition coefficient (Wildman–Crippen LogP) is 5.41. The molecule has 1 saturated heterocycles. The lowest BCUT2D eigenvalue weighted by molar-refractivity contribution is 0.102. The fourth-order valence-electron chi connectivity index (χ4n) is 3.46. The number of hydrogen-bond donors (Lipinski definition) is 0. The van der Waals surface area contributed by atoms with Crippen LogP contribution in [0.15, 0.2) is 60.8 Å². The number of benzene rings is 2. The smallest absolute Gasteiger partial charge is 0.410 e. The Kier molecular flexibility index (Phi) is 6.64. The fraction of sp³-hybridized carbons (Fsp3) is 0.333. The molecule has 1 aromatic heterocycles. The summed E-state index contributed by atoms with van der Waals surface area (Å²) in [5.74, 6) is 1.16. The number of carbonyl (C=O) groups excluding carboxylic acids is 1. The topological polar surface area (TPSA) is 51.7 Å². The monoisotopic (exact) mass is 422 g/mol. The van der Waals surface area contributed by atoms with Gasteiger partial charge < -0.3 is 14.4 Å². The molecule has 3 aromatic rings. The molecule has 0 bridgehead atoms. The third kappa shape index (κ3) is 5.19. The van der Waals surface area contributed by atoms with Crippen LogP contribution >= 0.6 is 11.3 Å². The first-order valence-electron chi connectivity index (χ1n) is 10.3. The highest BCUT2D eigenvalue weighted by atomic mass is 32.1. The second kappa shape index (κ2) is 9.76. The number of carbonyl (C=O) groups is 1. The molecule has 0 aliphatic carbocycles. The second-order valence-corrected chi connectivity index (χ2v) is 8.58. The first-order chi connectivity index (χ1) is 14.7. The van der Waals surface area contributed by atoms with Crippen molar-refractivity contribution in [3.8, 4) is 16.3 Å². The molecule has 2 aromatic carbocycles. The highest BCUT2D eigenvalue weighted by Gasteiger charge is 2.27. The SMILES string of the molecule is CCc1cnc(-c2ccc(OC[C@@H]3CCN(C(=O)OCc4ccccc4)C3)cc2)s1. The number of ether oxygens (including phenoxy) is 2. The van der Waals surface area contributed by atoms with Crippen LogP contribution in [0.25, 0.3) is 10.6 Å². The first kappa shape index (κ1) is 20.4. The van der Waals surface area contributed by atoms with Crippen molar-refractivity contribution in [2.75, 3.05) is 19.7 Å². The van der Waals surface area contributed by atoms with E-state index in [1.807, 2.05) is 48.7 Å². The maximum atomic E-state index is 12.3. The highest BCUT2D eigenvalue weighted by Crippen LogP contribution is 2.27. The molecule has 0 unspecified atom stereocenters. The summed E-state index contributed by atoms with van der Waals surface area (Å²) in [6.45, 7) is 4.43. The standard InChI is InChI=1S/C24H26N2O3S/c1-2-22-14-25-23(30-22)20-8-10-21(11-9-20)28-17-19-12-13-26(15-19)24(27)29-16-18-6-4-3-5-7-18/h3-11,14,19H,2,12-13,15-17H2,1H3/t19-/m1/s1. The van der Waals surface area contributed by atoms with Crippen LogP contribution in [0.3, 0.4) is 0 Å². The van der Waals surface area contributed by atoms with E-state index < -0.39 is 0 Å². The van der Waals surface area contributed by atoms with Gasteiger partial charge in [0.25, 0.3) is 0 Å². The quantitative estimate of drug-likeness (QED) is 0.511. The highest BCUT2D eigenvalue weighted by molar-refractivity contribution is 7.15. The number of rotatable bonds is 7. The van der Waals surface area contributed by atoms with Gasteiger partial charge in [-0.1, -0.05) is 37.3 Å². The van der Waals surface area contributed by atoms with Crippen molar-refractivity contribution < 1.29 is 14.3 Å². The van der Waals surface area contributed by atoms with E-state index in [9.17, 15) is 4.79 Å². The van der Waals surface area contributed by atoms with Crippen molar-refractivity contribution in [2.45, 2.75) is 26.4 Å². The van der Waals surface area contributed by atoms with Gasteiger partial charge in [0.1, 0.15) is 17.4 Å². The zero-order chi connectivity index (χ0) is 20.8. The summed E-state index contributed by atoms with van der Waals surface area (Å²) in [6.07, 6.45) is 3.64. The lowest BCUT2D eigenvalue weighted by Crippen LogP contribution is -2.30. The number of hydrogen-bond acceptors (Lipinski definition) is 5. The molecule has 0 saturated carbocycles. The number of amides is 1. The number of aromatic nitrogens is 1. The first-order valence-corrected chi connectivity index (χ1v) is 11.2. The maximum Gasteiger partial charge on any atom is 0.410 e. The average molecular weight is 423 g/mol. The van der Waals surface area contributed by atoms with Gasteiger partial charge in [-0.25, -0.2) is 9.78 Å². The van der Waals surface area contributed by atoms with Crippen molar-refractivity contribution >= 4 is 17.4 Å². The zero-order valence-corrected chi connectivity index (χ0v) is 17.9. The molecule has 156 valence electrons. The van der Waals surface area contributed by atoms with Crippen LogP contribution in [0.1, 0.15) is 23.8 Å². The molecular weight excluding hydrogens is 396 g/mol. The van der Waals surface area contributed by atoms with Crippen LogP contribution in [-0.2, 0) is 17.8 Å². The average Bonchev–Trinajstić information content (AvgIpc) is 3.47. The van der Waals surface area contributed by atoms with Gasteiger partial charge in [0, 0.05) is 35.6 Å². The molecule has 1 aliphatic rings. The minimum absolute atomic E-state index is 0.249. The Balaban J connectivity index is 1.22. The molecule has 1 fully saturated rings. The van der Waals surface area contributed by atoms with Gasteiger partial charge in [-0.05, 0) is 42.7 Å². The Morgan fingerprint density at radius 2 is 1.97 bits per heavy atom. The maximum absolute atomic E-state index is 12.3. The van der Waals surface area contributed by atoms with Crippen LogP contribution in [0.2, 0.25) is 0 Å². The van der Waals surface area contributed by atoms with Gasteiger partial charge in [0.05, 0.1) is 6.61 Å². The largest absolute Gasteiger partial charge is 0.493 e. The van der Waals surface area contributed by atoms with Crippen LogP contribution in [0.4, 0.5) is 4.79 Å². The van der Waals surface area contributed by atoms with Crippen molar-refractivity contribution in [2.24, 2.45) is 5.92 Å². The van der Waals surface area contributed by atoms with Crippen LogP contribution in [-0.4, -0.2) is 35.7 Å². The summed E-state index contributed by atoms with van der Waals surface area (Å²) in [7, 11) is 0. The number of thiazole rings is 1. The molecule has 30 heavy (non-hydrogen) atoms. The van der Waals surface area contributed by atoms with Crippen molar-refractivity contribution in [3.05, 3.63) is 71.2 Å². The number of nitrogens with zero attached hydrogens (tertiary/aromatic N) is 2. The van der Waals surface area contributed by atoms with Crippen molar-refractivity contribution in [1.82, 2.24) is 9.88 Å². The van der Waals surface area contributed by atoms with E-state index >= 15 is 0 Å². The Labute approximate surface area is 181 Å². The van der Waals surface area contributed by atoms with Crippen molar-refractivity contribution in [1.29, 1.82) is 0 Å². The summed E-state index contributed by atoms with van der Waals surface area (Å²) in [5.41, 5.74) is 2.11. The molecule has 2 heterocycles. The summed E-state index contributed by atoms with van der Waals surface area (Å²) in [5, 5.41) is 1.04. The van der Waals surface area contributed by atoms with Crippen LogP contribution in [0.5, 0.6) is 5.75 Å². The van der Waals surface area contributed by atoms with Gasteiger partial charge in [0.2, 0.25) is 0 Å². The molecule has 1 amide bonds. The lowest BCUT2D eigenvalue weighted by atomic mass is 10.1. The van der Waals surface area contributed by atoms with E-state index in [1.54, 1.807) is 16.2 Å². The minimum Gasteiger partial charge on any atom is -0.493 e. The second-order valence-electron chi connectivity index (χ2n) is 7.46. The van der Waals surface area contributed by atoms with Crippen LogP contribution in [0, 0.1) is 5.92 Å². The van der Waals surface area contributed by atoms with Gasteiger partial charge in [-0.3, -0.25) is 0 Å². The molecule has 0 radical (unpaired) electrons. The third-order valence-corrected chi connectivity index (χ3v) is 6.43. The molecule has 0 spiro atoms. The summed E-state index contributed by atoms with van der Waals surface area (Å²) in [4.78, 5) is 19.8. The molecular formula is C24H26N2O3S. The number of aryl methyl sites for hydroxylation is 1. The number of likely N-dealkylation sites (tertiary alicyclic amines) is 1.